The van der Waals surface area contributed by atoms with Crippen molar-refractivity contribution in [1.29, 1.82) is 0 Å². The molecule has 106 valence electrons. The van der Waals surface area contributed by atoms with Crippen LogP contribution in [0.3, 0.4) is 0 Å². The van der Waals surface area contributed by atoms with Gasteiger partial charge in [-0.25, -0.2) is 4.98 Å². The molecule has 3 rings (SSSR count). The SMILES string of the molecule is O=C(C=Cc1c(Cl)nc2sccn12)N1CCCSCC1. The van der Waals surface area contributed by atoms with Crippen molar-refractivity contribution < 1.29 is 4.79 Å². The Morgan fingerprint density at radius 3 is 3.20 bits per heavy atom. The number of imidazole rings is 1. The van der Waals surface area contributed by atoms with Crippen LogP contribution < -0.4 is 0 Å². The van der Waals surface area contributed by atoms with Gasteiger partial charge in [-0.1, -0.05) is 11.6 Å². The predicted octanol–water partition coefficient (Wildman–Crippen LogP) is 3.03. The van der Waals surface area contributed by atoms with Crippen LogP contribution in [0, 0.1) is 0 Å². The summed E-state index contributed by atoms with van der Waals surface area (Å²) in [6.07, 6.45) is 6.33. The molecule has 1 amide bonds. The van der Waals surface area contributed by atoms with E-state index in [1.165, 1.54) is 11.3 Å². The maximum Gasteiger partial charge on any atom is 0.246 e. The normalized spacial score (nSPS) is 16.9. The highest BCUT2D eigenvalue weighted by atomic mass is 35.5. The molecule has 0 saturated carbocycles. The van der Waals surface area contributed by atoms with Gasteiger partial charge in [-0.3, -0.25) is 9.20 Å². The van der Waals surface area contributed by atoms with Gasteiger partial charge in [0.1, 0.15) is 0 Å². The van der Waals surface area contributed by atoms with Crippen LogP contribution in [-0.2, 0) is 4.79 Å². The minimum absolute atomic E-state index is 0.0498. The molecule has 3 heterocycles. The van der Waals surface area contributed by atoms with Crippen molar-refractivity contribution in [3.8, 4) is 0 Å². The number of amides is 1. The van der Waals surface area contributed by atoms with Gasteiger partial charge in [-0.15, -0.1) is 11.3 Å². The van der Waals surface area contributed by atoms with Crippen molar-refractivity contribution in [1.82, 2.24) is 14.3 Å². The first-order valence-electron chi connectivity index (χ1n) is 6.41. The minimum atomic E-state index is 0.0498. The van der Waals surface area contributed by atoms with Gasteiger partial charge in [0.05, 0.1) is 5.69 Å². The minimum Gasteiger partial charge on any atom is -0.338 e. The number of halogens is 1. The lowest BCUT2D eigenvalue weighted by Crippen LogP contribution is -2.31. The highest BCUT2D eigenvalue weighted by Crippen LogP contribution is 2.22. The number of hydrogen-bond donors (Lipinski definition) is 0. The molecule has 0 aromatic carbocycles. The van der Waals surface area contributed by atoms with Crippen LogP contribution in [0.4, 0.5) is 0 Å². The summed E-state index contributed by atoms with van der Waals surface area (Å²) in [6, 6.07) is 0. The van der Waals surface area contributed by atoms with Crippen LogP contribution in [0.15, 0.2) is 17.7 Å². The van der Waals surface area contributed by atoms with E-state index < -0.39 is 0 Å². The van der Waals surface area contributed by atoms with Crippen molar-refractivity contribution in [2.45, 2.75) is 6.42 Å². The molecule has 2 aromatic rings. The molecule has 20 heavy (non-hydrogen) atoms. The summed E-state index contributed by atoms with van der Waals surface area (Å²) >= 11 is 9.53. The van der Waals surface area contributed by atoms with Crippen molar-refractivity contribution in [2.75, 3.05) is 24.6 Å². The molecule has 0 spiro atoms. The standard InChI is InChI=1S/C13H14ClN3OS2/c14-12-10(17-6-9-20-13(17)15-12)2-3-11(18)16-4-1-7-19-8-5-16/h2-3,6,9H,1,4-5,7-8H2. The fourth-order valence-electron chi connectivity index (χ4n) is 2.15. The molecule has 4 nitrogen and oxygen atoms in total. The molecule has 0 N–H and O–H groups in total. The summed E-state index contributed by atoms with van der Waals surface area (Å²) in [7, 11) is 0. The first-order valence-corrected chi connectivity index (χ1v) is 8.83. The number of nitrogens with zero attached hydrogens (tertiary/aromatic N) is 3. The van der Waals surface area contributed by atoms with Gasteiger partial charge in [-0.2, -0.15) is 11.8 Å². The zero-order valence-electron chi connectivity index (χ0n) is 10.8. The Hall–Kier alpha value is -0.980. The number of aromatic nitrogens is 2. The smallest absolute Gasteiger partial charge is 0.246 e. The van der Waals surface area contributed by atoms with Gasteiger partial charge in [0.2, 0.25) is 5.91 Å². The summed E-state index contributed by atoms with van der Waals surface area (Å²) in [5.41, 5.74) is 0.764. The predicted molar refractivity (Wildman–Crippen MR) is 85.6 cm³/mol. The lowest BCUT2D eigenvalue weighted by Gasteiger charge is -2.17. The summed E-state index contributed by atoms with van der Waals surface area (Å²) in [4.78, 5) is 19.2. The second-order valence-electron chi connectivity index (χ2n) is 4.47. The van der Waals surface area contributed by atoms with E-state index in [4.69, 9.17) is 11.6 Å². The summed E-state index contributed by atoms with van der Waals surface area (Å²) < 4.78 is 1.90. The second-order valence-corrected chi connectivity index (χ2v) is 6.92. The molecule has 0 bridgehead atoms. The number of thiazole rings is 1. The Balaban J connectivity index is 1.77. The monoisotopic (exact) mass is 327 g/mol. The Bertz CT molecular complexity index is 641. The van der Waals surface area contributed by atoms with E-state index in [1.807, 2.05) is 32.6 Å². The van der Waals surface area contributed by atoms with Gasteiger partial charge < -0.3 is 4.90 Å². The van der Waals surface area contributed by atoms with E-state index in [1.54, 1.807) is 12.2 Å². The molecule has 0 radical (unpaired) electrons. The first kappa shape index (κ1) is 14.0. The van der Waals surface area contributed by atoms with E-state index in [-0.39, 0.29) is 5.91 Å². The topological polar surface area (TPSA) is 37.6 Å². The number of hydrogen-bond acceptors (Lipinski definition) is 4. The van der Waals surface area contributed by atoms with Gasteiger partial charge in [0.25, 0.3) is 0 Å². The van der Waals surface area contributed by atoms with Crippen molar-refractivity contribution in [3.63, 3.8) is 0 Å². The second kappa shape index (κ2) is 6.20. The molecule has 1 fully saturated rings. The largest absolute Gasteiger partial charge is 0.338 e. The third-order valence-electron chi connectivity index (χ3n) is 3.17. The zero-order valence-corrected chi connectivity index (χ0v) is 13.2. The molecule has 2 aromatic heterocycles. The van der Waals surface area contributed by atoms with Crippen LogP contribution in [0.2, 0.25) is 5.15 Å². The molecule has 1 aliphatic rings. The zero-order chi connectivity index (χ0) is 13.9. The van der Waals surface area contributed by atoms with E-state index in [0.29, 0.717) is 5.15 Å². The highest BCUT2D eigenvalue weighted by molar-refractivity contribution is 7.99. The number of rotatable bonds is 2. The van der Waals surface area contributed by atoms with Gasteiger partial charge in [0, 0.05) is 36.5 Å². The van der Waals surface area contributed by atoms with Crippen LogP contribution in [0.25, 0.3) is 11.0 Å². The average molecular weight is 328 g/mol. The maximum atomic E-state index is 12.2. The number of carbonyl (C=O) groups is 1. The van der Waals surface area contributed by atoms with Crippen LogP contribution >= 0.6 is 34.7 Å². The fraction of sp³-hybridized carbons (Fsp3) is 0.385. The Morgan fingerprint density at radius 2 is 2.30 bits per heavy atom. The van der Waals surface area contributed by atoms with E-state index in [2.05, 4.69) is 4.98 Å². The quantitative estimate of drug-likeness (QED) is 0.796. The van der Waals surface area contributed by atoms with Crippen LogP contribution in [0.5, 0.6) is 0 Å². The van der Waals surface area contributed by atoms with Crippen molar-refractivity contribution in [2.24, 2.45) is 0 Å². The fourth-order valence-corrected chi connectivity index (χ4v) is 4.04. The van der Waals surface area contributed by atoms with Crippen molar-refractivity contribution in [3.05, 3.63) is 28.5 Å². The highest BCUT2D eigenvalue weighted by Gasteiger charge is 2.14. The van der Waals surface area contributed by atoms with Gasteiger partial charge >= 0.3 is 0 Å². The molecule has 1 saturated heterocycles. The molecular formula is C13H14ClN3OS2. The molecule has 7 heteroatoms. The molecular weight excluding hydrogens is 314 g/mol. The van der Waals surface area contributed by atoms with Gasteiger partial charge in [-0.05, 0) is 18.2 Å². The van der Waals surface area contributed by atoms with Crippen LogP contribution in [-0.4, -0.2) is 44.8 Å². The number of fused-ring (bicyclic) bond motifs is 1. The lowest BCUT2D eigenvalue weighted by molar-refractivity contribution is -0.125. The lowest BCUT2D eigenvalue weighted by atomic mass is 10.3. The Kier molecular flexibility index (Phi) is 4.33. The van der Waals surface area contributed by atoms with Gasteiger partial charge in [0.15, 0.2) is 10.1 Å². The summed E-state index contributed by atoms with van der Waals surface area (Å²) in [5, 5.41) is 2.39. The summed E-state index contributed by atoms with van der Waals surface area (Å²) in [6.45, 7) is 1.66. The number of carbonyl (C=O) groups excluding carboxylic acids is 1. The molecule has 0 unspecified atom stereocenters. The third-order valence-corrected chi connectivity index (χ3v) is 5.26. The molecule has 0 aliphatic carbocycles. The first-order chi connectivity index (χ1) is 9.75. The van der Waals surface area contributed by atoms with E-state index in [9.17, 15) is 4.79 Å². The molecule has 1 aliphatic heterocycles. The maximum absolute atomic E-state index is 12.2. The Labute approximate surface area is 130 Å². The molecule has 0 atom stereocenters. The third kappa shape index (κ3) is 2.87. The number of thioether (sulfide) groups is 1. The van der Waals surface area contributed by atoms with E-state index >= 15 is 0 Å². The van der Waals surface area contributed by atoms with E-state index in [0.717, 1.165) is 41.7 Å². The van der Waals surface area contributed by atoms with Crippen molar-refractivity contribution >= 4 is 51.6 Å². The average Bonchev–Trinajstić information content (AvgIpc) is 2.86. The van der Waals surface area contributed by atoms with Crippen LogP contribution in [0.1, 0.15) is 12.1 Å². The summed E-state index contributed by atoms with van der Waals surface area (Å²) in [5.74, 6) is 2.20. The Morgan fingerprint density at radius 1 is 1.40 bits per heavy atom.